The first-order valence-electron chi connectivity index (χ1n) is 5.61. The lowest BCUT2D eigenvalue weighted by molar-refractivity contribution is -0.121. The molecule has 16 heavy (non-hydrogen) atoms. The van der Waals surface area contributed by atoms with E-state index in [0.717, 1.165) is 19.4 Å². The first kappa shape index (κ1) is 13.0. The number of nitrogens with two attached hydrogens (primary N) is 1. The van der Waals surface area contributed by atoms with E-state index in [0.29, 0.717) is 13.0 Å². The van der Waals surface area contributed by atoms with Gasteiger partial charge in [-0.1, -0.05) is 6.92 Å². The minimum Gasteiger partial charge on any atom is -0.376 e. The lowest BCUT2D eigenvalue weighted by Crippen LogP contribution is -2.32. The zero-order chi connectivity index (χ0) is 12.0. The molecule has 5 nitrogen and oxygen atoms in total. The predicted octanol–water partition coefficient (Wildman–Crippen LogP) is -0.00261. The number of carbonyl (C=O) groups excluding carboxylic acids is 2. The first-order valence-corrected chi connectivity index (χ1v) is 5.61. The van der Waals surface area contributed by atoms with Crippen molar-refractivity contribution < 1.29 is 14.3 Å². The van der Waals surface area contributed by atoms with Crippen LogP contribution in [0.3, 0.4) is 0 Å². The molecule has 0 spiro atoms. The van der Waals surface area contributed by atoms with Crippen molar-refractivity contribution in [2.24, 2.45) is 11.7 Å². The number of ether oxygens (including phenoxy) is 1. The summed E-state index contributed by atoms with van der Waals surface area (Å²) in [6, 6.07) is 0. The quantitative estimate of drug-likeness (QED) is 0.670. The second kappa shape index (κ2) is 6.48. The highest BCUT2D eigenvalue weighted by Crippen LogP contribution is 2.10. The number of nitrogens with one attached hydrogen (secondary N) is 1. The van der Waals surface area contributed by atoms with Crippen LogP contribution in [0.2, 0.25) is 0 Å². The lowest BCUT2D eigenvalue weighted by atomic mass is 10.1. The van der Waals surface area contributed by atoms with E-state index >= 15 is 0 Å². The summed E-state index contributed by atoms with van der Waals surface area (Å²) in [5, 5.41) is 2.75. The fraction of sp³-hybridized carbons (Fsp3) is 0.727. The molecule has 1 radical (unpaired) electrons. The number of hydrogen-bond acceptors (Lipinski definition) is 3. The monoisotopic (exact) mass is 227 g/mol. The standard InChI is InChI=1S/C11H19N2O3/c1-8(11(12)15)4-5-10(14)13-7-9-3-2-6-16-9/h5,8-9H,2-4,6-7H2,1H3,(H2,12,15)(H,13,14)/t8-,9-/m0/s1. The summed E-state index contributed by atoms with van der Waals surface area (Å²) < 4.78 is 5.36. The minimum atomic E-state index is -0.386. The van der Waals surface area contributed by atoms with Crippen molar-refractivity contribution in [3.05, 3.63) is 6.42 Å². The Bertz CT molecular complexity index is 250. The molecule has 0 aromatic carbocycles. The highest BCUT2D eigenvalue weighted by atomic mass is 16.5. The second-order valence-electron chi connectivity index (χ2n) is 4.12. The molecule has 0 aromatic rings. The Labute approximate surface area is 95.7 Å². The van der Waals surface area contributed by atoms with E-state index in [1.165, 1.54) is 6.42 Å². The van der Waals surface area contributed by atoms with Crippen LogP contribution in [0, 0.1) is 12.3 Å². The van der Waals surface area contributed by atoms with Crippen LogP contribution in [0.4, 0.5) is 0 Å². The Morgan fingerprint density at radius 3 is 2.94 bits per heavy atom. The van der Waals surface area contributed by atoms with Crippen LogP contribution in [0.15, 0.2) is 0 Å². The van der Waals surface area contributed by atoms with E-state index in [1.807, 2.05) is 0 Å². The van der Waals surface area contributed by atoms with Crippen molar-refractivity contribution in [3.63, 3.8) is 0 Å². The van der Waals surface area contributed by atoms with E-state index in [4.69, 9.17) is 10.5 Å². The highest BCUT2D eigenvalue weighted by Gasteiger charge is 2.17. The SMILES string of the molecule is C[C@@H](C[CH]C(=O)NC[C@@H]1CCCO1)C(N)=O. The summed E-state index contributed by atoms with van der Waals surface area (Å²) in [7, 11) is 0. The molecule has 5 heteroatoms. The number of hydrogen-bond donors (Lipinski definition) is 2. The summed E-state index contributed by atoms with van der Waals surface area (Å²) in [6.07, 6.45) is 4.05. The number of amides is 2. The molecule has 1 fully saturated rings. The zero-order valence-corrected chi connectivity index (χ0v) is 9.57. The van der Waals surface area contributed by atoms with Gasteiger partial charge in [0.25, 0.3) is 0 Å². The minimum absolute atomic E-state index is 0.144. The average molecular weight is 227 g/mol. The smallest absolute Gasteiger partial charge is 0.224 e. The van der Waals surface area contributed by atoms with E-state index < -0.39 is 0 Å². The fourth-order valence-corrected chi connectivity index (χ4v) is 1.49. The summed E-state index contributed by atoms with van der Waals surface area (Å²) in [6.45, 7) is 3.02. The van der Waals surface area contributed by atoms with E-state index in [2.05, 4.69) is 5.32 Å². The second-order valence-corrected chi connectivity index (χ2v) is 4.12. The molecule has 0 bridgehead atoms. The number of carbonyl (C=O) groups is 2. The third-order valence-corrected chi connectivity index (χ3v) is 2.67. The van der Waals surface area contributed by atoms with Crippen molar-refractivity contribution >= 4 is 11.8 Å². The molecule has 1 rings (SSSR count). The van der Waals surface area contributed by atoms with Gasteiger partial charge < -0.3 is 15.8 Å². The van der Waals surface area contributed by atoms with Gasteiger partial charge in [-0.05, 0) is 19.3 Å². The topological polar surface area (TPSA) is 81.4 Å². The van der Waals surface area contributed by atoms with Crippen LogP contribution >= 0.6 is 0 Å². The summed E-state index contributed by atoms with van der Waals surface area (Å²) in [5.74, 6) is -0.847. The Morgan fingerprint density at radius 2 is 2.38 bits per heavy atom. The summed E-state index contributed by atoms with van der Waals surface area (Å²) >= 11 is 0. The molecule has 91 valence electrons. The molecule has 1 aliphatic heterocycles. The molecule has 0 saturated carbocycles. The maximum atomic E-state index is 11.4. The van der Waals surface area contributed by atoms with Crippen LogP contribution in [0.5, 0.6) is 0 Å². The van der Waals surface area contributed by atoms with E-state index in [9.17, 15) is 9.59 Å². The van der Waals surface area contributed by atoms with Crippen LogP contribution in [-0.2, 0) is 14.3 Å². The van der Waals surface area contributed by atoms with Gasteiger partial charge in [-0.25, -0.2) is 0 Å². The van der Waals surface area contributed by atoms with Crippen LogP contribution in [0.25, 0.3) is 0 Å². The molecule has 0 aliphatic carbocycles. The van der Waals surface area contributed by atoms with Gasteiger partial charge in [-0.2, -0.15) is 0 Å². The van der Waals surface area contributed by atoms with Gasteiger partial charge in [0.15, 0.2) is 0 Å². The fourth-order valence-electron chi connectivity index (χ4n) is 1.49. The van der Waals surface area contributed by atoms with Crippen LogP contribution < -0.4 is 11.1 Å². The molecule has 3 N–H and O–H groups in total. The summed E-state index contributed by atoms with van der Waals surface area (Å²) in [4.78, 5) is 22.1. The average Bonchev–Trinajstić information content (AvgIpc) is 2.75. The Morgan fingerprint density at radius 1 is 1.62 bits per heavy atom. The summed E-state index contributed by atoms with van der Waals surface area (Å²) in [5.41, 5.74) is 5.09. The van der Waals surface area contributed by atoms with Crippen molar-refractivity contribution in [2.75, 3.05) is 13.2 Å². The molecule has 0 unspecified atom stereocenters. The van der Waals surface area contributed by atoms with Crippen molar-refractivity contribution in [1.82, 2.24) is 5.32 Å². The maximum absolute atomic E-state index is 11.4. The van der Waals surface area contributed by atoms with Gasteiger partial charge >= 0.3 is 0 Å². The van der Waals surface area contributed by atoms with Gasteiger partial charge in [0, 0.05) is 19.1 Å². The normalized spacial score (nSPS) is 21.7. The molecule has 2 amide bonds. The zero-order valence-electron chi connectivity index (χ0n) is 9.57. The maximum Gasteiger partial charge on any atom is 0.224 e. The van der Waals surface area contributed by atoms with Gasteiger partial charge in [-0.15, -0.1) is 0 Å². The van der Waals surface area contributed by atoms with Crippen LogP contribution in [0.1, 0.15) is 26.2 Å². The first-order chi connectivity index (χ1) is 7.59. The molecule has 1 aliphatic rings. The Hall–Kier alpha value is -1.10. The van der Waals surface area contributed by atoms with Gasteiger partial charge in [-0.3, -0.25) is 9.59 Å². The van der Waals surface area contributed by atoms with Crippen molar-refractivity contribution in [2.45, 2.75) is 32.3 Å². The predicted molar refractivity (Wildman–Crippen MR) is 59.3 cm³/mol. The molecule has 1 heterocycles. The molecule has 0 aromatic heterocycles. The molecular formula is C11H19N2O3. The van der Waals surface area contributed by atoms with Crippen LogP contribution in [-0.4, -0.2) is 31.1 Å². The van der Waals surface area contributed by atoms with Crippen molar-refractivity contribution in [3.8, 4) is 0 Å². The number of primary amides is 1. The third kappa shape index (κ3) is 4.61. The molecule has 2 atom stereocenters. The van der Waals surface area contributed by atoms with E-state index in [1.54, 1.807) is 6.92 Å². The van der Waals surface area contributed by atoms with E-state index in [-0.39, 0.29) is 23.8 Å². The lowest BCUT2D eigenvalue weighted by Gasteiger charge is -2.11. The number of rotatable bonds is 6. The van der Waals surface area contributed by atoms with Gasteiger partial charge in [0.2, 0.25) is 11.8 Å². The van der Waals surface area contributed by atoms with Crippen molar-refractivity contribution in [1.29, 1.82) is 0 Å². The Balaban J connectivity index is 2.08. The highest BCUT2D eigenvalue weighted by molar-refractivity contribution is 5.85. The molecular weight excluding hydrogens is 208 g/mol. The van der Waals surface area contributed by atoms with Gasteiger partial charge in [0.1, 0.15) is 0 Å². The third-order valence-electron chi connectivity index (χ3n) is 2.67. The van der Waals surface area contributed by atoms with Gasteiger partial charge in [0.05, 0.1) is 12.5 Å². The Kier molecular flexibility index (Phi) is 5.25. The molecule has 1 saturated heterocycles. The largest absolute Gasteiger partial charge is 0.376 e.